The molecule has 0 rings (SSSR count). The molecule has 18 heavy (non-hydrogen) atoms. The minimum Gasteiger partial charge on any atom is -0.481 e. The van der Waals surface area contributed by atoms with Gasteiger partial charge in [-0.15, -0.1) is 0 Å². The van der Waals surface area contributed by atoms with Crippen molar-refractivity contribution < 1.29 is 24.9 Å². The number of hydrogen-bond acceptors (Lipinski definition) is 4. The van der Waals surface area contributed by atoms with E-state index >= 15 is 0 Å². The fourth-order valence-corrected chi connectivity index (χ4v) is 0.610. The molecule has 0 unspecified atom stereocenters. The molecule has 0 aromatic rings. The highest BCUT2D eigenvalue weighted by Crippen LogP contribution is 1.96. The maximum absolute atomic E-state index is 9.00. The van der Waals surface area contributed by atoms with Crippen LogP contribution in [0.15, 0.2) is 0 Å². The lowest BCUT2D eigenvalue weighted by atomic mass is 10.2. The van der Waals surface area contributed by atoms with E-state index in [0.717, 1.165) is 20.1 Å². The van der Waals surface area contributed by atoms with Crippen molar-refractivity contribution in [2.75, 3.05) is 26.4 Å². The van der Waals surface area contributed by atoms with Gasteiger partial charge in [-0.05, 0) is 18.3 Å². The molecule has 0 spiro atoms. The van der Waals surface area contributed by atoms with Gasteiger partial charge in [-0.3, -0.25) is 4.79 Å². The van der Waals surface area contributed by atoms with E-state index in [2.05, 4.69) is 27.7 Å². The molecule has 0 saturated carbocycles. The maximum Gasteiger partial charge on any atom is 0.300 e. The Balaban J connectivity index is -0.000000212. The van der Waals surface area contributed by atoms with E-state index in [4.69, 9.17) is 24.9 Å². The van der Waals surface area contributed by atoms with Crippen LogP contribution in [0, 0.1) is 11.8 Å². The van der Waals surface area contributed by atoms with E-state index in [1.165, 1.54) is 0 Å². The predicted molar refractivity (Wildman–Crippen MR) is 72.6 cm³/mol. The van der Waals surface area contributed by atoms with Crippen molar-refractivity contribution in [1.82, 2.24) is 0 Å². The molecular formula is C13H30O5. The molecule has 5 heteroatoms. The number of carbonyl (C=O) groups is 1. The minimum atomic E-state index is -0.833. The van der Waals surface area contributed by atoms with Crippen LogP contribution >= 0.6 is 0 Å². The summed E-state index contributed by atoms with van der Waals surface area (Å²) in [6, 6.07) is 0. The second kappa shape index (κ2) is 18.7. The molecule has 3 N–H and O–H groups in total. The van der Waals surface area contributed by atoms with Crippen LogP contribution in [0.4, 0.5) is 0 Å². The lowest BCUT2D eigenvalue weighted by molar-refractivity contribution is -0.134. The summed E-state index contributed by atoms with van der Waals surface area (Å²) in [7, 11) is 0. The quantitative estimate of drug-likeness (QED) is 0.682. The molecule has 0 amide bonds. The van der Waals surface area contributed by atoms with E-state index in [1.54, 1.807) is 0 Å². The lowest BCUT2D eigenvalue weighted by Crippen LogP contribution is -2.06. The third-order valence-electron chi connectivity index (χ3n) is 1.22. The van der Waals surface area contributed by atoms with Crippen LogP contribution in [0.2, 0.25) is 0 Å². The zero-order valence-corrected chi connectivity index (χ0v) is 12.3. The molecule has 0 aromatic heterocycles. The van der Waals surface area contributed by atoms with Gasteiger partial charge in [0.1, 0.15) is 0 Å². The number of rotatable bonds is 6. The molecule has 0 fully saturated rings. The summed E-state index contributed by atoms with van der Waals surface area (Å²) in [5.41, 5.74) is 0. The van der Waals surface area contributed by atoms with Gasteiger partial charge < -0.3 is 20.1 Å². The topological polar surface area (TPSA) is 87.0 Å². The number of aliphatic hydroxyl groups is 2. The normalized spacial score (nSPS) is 9.39. The standard InChI is InChI=1S/C8H18O.C3H8O2.C2H4O2/c1-7(2)5-9-6-8(3)4;4-2-1-3-5;1-2(3)4/h7-8H,5-6H2,1-4H3;4-5H,1-3H2;1H3,(H,3,4). The Morgan fingerprint density at radius 2 is 1.28 bits per heavy atom. The third-order valence-corrected chi connectivity index (χ3v) is 1.22. The Hall–Kier alpha value is -0.650. The molecule has 0 aliphatic heterocycles. The number of carboxylic acid groups (broad SMARTS) is 1. The van der Waals surface area contributed by atoms with Crippen LogP contribution in [-0.2, 0) is 9.53 Å². The van der Waals surface area contributed by atoms with E-state index < -0.39 is 5.97 Å². The van der Waals surface area contributed by atoms with Gasteiger partial charge in [-0.2, -0.15) is 0 Å². The van der Waals surface area contributed by atoms with E-state index in [-0.39, 0.29) is 13.2 Å². The van der Waals surface area contributed by atoms with Gasteiger partial charge >= 0.3 is 0 Å². The van der Waals surface area contributed by atoms with Gasteiger partial charge in [-0.1, -0.05) is 27.7 Å². The van der Waals surface area contributed by atoms with Crippen LogP contribution in [-0.4, -0.2) is 47.7 Å². The molecule has 0 aliphatic carbocycles. The summed E-state index contributed by atoms with van der Waals surface area (Å²) < 4.78 is 5.36. The summed E-state index contributed by atoms with van der Waals surface area (Å²) in [5.74, 6) is 0.507. The van der Waals surface area contributed by atoms with Crippen molar-refractivity contribution in [2.45, 2.75) is 41.0 Å². The van der Waals surface area contributed by atoms with Crippen LogP contribution in [0.1, 0.15) is 41.0 Å². The first kappa shape index (κ1) is 22.5. The average molecular weight is 266 g/mol. The Morgan fingerprint density at radius 3 is 1.39 bits per heavy atom. The zero-order chi connectivity index (χ0) is 15.0. The monoisotopic (exact) mass is 266 g/mol. The van der Waals surface area contributed by atoms with Crippen molar-refractivity contribution in [2.24, 2.45) is 11.8 Å². The Labute approximate surface area is 111 Å². The van der Waals surface area contributed by atoms with Crippen molar-refractivity contribution >= 4 is 5.97 Å². The van der Waals surface area contributed by atoms with Gasteiger partial charge in [0, 0.05) is 33.4 Å². The molecule has 5 nitrogen and oxygen atoms in total. The van der Waals surface area contributed by atoms with E-state index in [9.17, 15) is 0 Å². The largest absolute Gasteiger partial charge is 0.481 e. The Bertz CT molecular complexity index is 143. The molecule has 0 bridgehead atoms. The molecule has 0 heterocycles. The molecule has 0 aliphatic rings. The first-order valence-corrected chi connectivity index (χ1v) is 6.26. The molecule has 0 saturated heterocycles. The molecule has 0 atom stereocenters. The second-order valence-electron chi connectivity index (χ2n) is 4.64. The molecule has 112 valence electrons. The van der Waals surface area contributed by atoms with Gasteiger partial charge in [0.15, 0.2) is 0 Å². The first-order chi connectivity index (χ1) is 8.27. The summed E-state index contributed by atoms with van der Waals surface area (Å²) in [6.07, 6.45) is 0.500. The molecular weight excluding hydrogens is 236 g/mol. The van der Waals surface area contributed by atoms with Crippen molar-refractivity contribution in [1.29, 1.82) is 0 Å². The number of hydrogen-bond donors (Lipinski definition) is 3. The highest BCUT2D eigenvalue weighted by Gasteiger charge is 1.95. The van der Waals surface area contributed by atoms with Gasteiger partial charge in [0.05, 0.1) is 0 Å². The maximum atomic E-state index is 9.00. The summed E-state index contributed by atoms with van der Waals surface area (Å²) in [6.45, 7) is 11.7. The summed E-state index contributed by atoms with van der Waals surface area (Å²) >= 11 is 0. The SMILES string of the molecule is CC(=O)O.CC(C)COCC(C)C.OCCCO. The van der Waals surface area contributed by atoms with Crippen molar-refractivity contribution in [3.63, 3.8) is 0 Å². The molecule has 0 aromatic carbocycles. The van der Waals surface area contributed by atoms with E-state index in [1.807, 2.05) is 0 Å². The van der Waals surface area contributed by atoms with Crippen LogP contribution in [0.5, 0.6) is 0 Å². The van der Waals surface area contributed by atoms with Crippen LogP contribution < -0.4 is 0 Å². The number of aliphatic carboxylic acids is 1. The Morgan fingerprint density at radius 1 is 1.00 bits per heavy atom. The minimum absolute atomic E-state index is 0.0938. The Kier molecular flexibility index (Phi) is 23.4. The van der Waals surface area contributed by atoms with Crippen LogP contribution in [0.25, 0.3) is 0 Å². The first-order valence-electron chi connectivity index (χ1n) is 6.26. The second-order valence-corrected chi connectivity index (χ2v) is 4.64. The third kappa shape index (κ3) is 58.5. The van der Waals surface area contributed by atoms with Gasteiger partial charge in [0.2, 0.25) is 0 Å². The van der Waals surface area contributed by atoms with Crippen molar-refractivity contribution in [3.05, 3.63) is 0 Å². The zero-order valence-electron chi connectivity index (χ0n) is 12.3. The van der Waals surface area contributed by atoms with E-state index in [0.29, 0.717) is 18.3 Å². The number of ether oxygens (including phenoxy) is 1. The highest BCUT2D eigenvalue weighted by atomic mass is 16.5. The average Bonchev–Trinajstić information content (AvgIpc) is 2.17. The van der Waals surface area contributed by atoms with Gasteiger partial charge in [0.25, 0.3) is 5.97 Å². The van der Waals surface area contributed by atoms with Gasteiger partial charge in [-0.25, -0.2) is 0 Å². The molecule has 0 radical (unpaired) electrons. The highest BCUT2D eigenvalue weighted by molar-refractivity contribution is 5.62. The summed E-state index contributed by atoms with van der Waals surface area (Å²) in [4.78, 5) is 9.00. The lowest BCUT2D eigenvalue weighted by Gasteiger charge is -2.07. The summed E-state index contributed by atoms with van der Waals surface area (Å²) in [5, 5.41) is 23.2. The predicted octanol–water partition coefficient (Wildman–Crippen LogP) is 1.77. The number of carboxylic acids is 1. The smallest absolute Gasteiger partial charge is 0.300 e. The fourth-order valence-electron chi connectivity index (χ4n) is 0.610. The van der Waals surface area contributed by atoms with Crippen molar-refractivity contribution in [3.8, 4) is 0 Å². The fraction of sp³-hybridized carbons (Fsp3) is 0.923. The number of aliphatic hydroxyl groups excluding tert-OH is 2. The van der Waals surface area contributed by atoms with Crippen LogP contribution in [0.3, 0.4) is 0 Å².